The lowest BCUT2D eigenvalue weighted by Crippen LogP contribution is -2.57. The summed E-state index contributed by atoms with van der Waals surface area (Å²) in [5.74, 6) is 0.941. The van der Waals surface area contributed by atoms with E-state index in [1.807, 2.05) is 4.90 Å². The molecule has 0 aliphatic carbocycles. The maximum Gasteiger partial charge on any atom is 0.191 e. The van der Waals surface area contributed by atoms with Crippen LogP contribution in [0.4, 0.5) is 10.2 Å². The summed E-state index contributed by atoms with van der Waals surface area (Å²) >= 11 is 0. The molecule has 2 saturated heterocycles. The van der Waals surface area contributed by atoms with Crippen molar-refractivity contribution in [3.63, 3.8) is 0 Å². The zero-order valence-corrected chi connectivity index (χ0v) is 16.5. The second-order valence-electron chi connectivity index (χ2n) is 7.72. The maximum atomic E-state index is 14.0. The summed E-state index contributed by atoms with van der Waals surface area (Å²) in [6.07, 6.45) is 2.55. The summed E-state index contributed by atoms with van der Waals surface area (Å²) in [5, 5.41) is 6.91. The molecule has 1 aromatic rings. The third-order valence-electron chi connectivity index (χ3n) is 5.35. The van der Waals surface area contributed by atoms with E-state index in [9.17, 15) is 4.39 Å². The van der Waals surface area contributed by atoms with Crippen molar-refractivity contribution < 1.29 is 9.13 Å². The van der Waals surface area contributed by atoms with Crippen molar-refractivity contribution >= 4 is 11.8 Å². The van der Waals surface area contributed by atoms with Gasteiger partial charge >= 0.3 is 0 Å². The van der Waals surface area contributed by atoms with Gasteiger partial charge in [0.05, 0.1) is 13.2 Å². The summed E-state index contributed by atoms with van der Waals surface area (Å²) in [5.41, 5.74) is 0.0141. The van der Waals surface area contributed by atoms with E-state index in [0.29, 0.717) is 12.4 Å². The highest BCUT2D eigenvalue weighted by Crippen LogP contribution is 2.21. The number of guanidine groups is 1. The van der Waals surface area contributed by atoms with Crippen LogP contribution in [0.5, 0.6) is 0 Å². The van der Waals surface area contributed by atoms with Crippen LogP contribution >= 0.6 is 0 Å². The minimum atomic E-state index is -0.270. The first-order chi connectivity index (χ1) is 13.0. The van der Waals surface area contributed by atoms with Gasteiger partial charge in [-0.25, -0.2) is 9.37 Å². The fourth-order valence-electron chi connectivity index (χ4n) is 3.65. The summed E-state index contributed by atoms with van der Waals surface area (Å²) in [6.45, 7) is 10.2. The first-order valence-corrected chi connectivity index (χ1v) is 9.65. The molecule has 0 saturated carbocycles. The zero-order valence-electron chi connectivity index (χ0n) is 16.5. The molecule has 0 bridgehead atoms. The van der Waals surface area contributed by atoms with Crippen molar-refractivity contribution in [1.82, 2.24) is 20.5 Å². The van der Waals surface area contributed by atoms with Gasteiger partial charge in [0.15, 0.2) is 17.6 Å². The molecule has 150 valence electrons. The average Bonchev–Trinajstić information content (AvgIpc) is 3.14. The van der Waals surface area contributed by atoms with Gasteiger partial charge in [0, 0.05) is 57.5 Å². The number of rotatable bonds is 5. The molecule has 2 fully saturated rings. The van der Waals surface area contributed by atoms with Crippen LogP contribution in [0.1, 0.15) is 20.3 Å². The molecule has 1 unspecified atom stereocenters. The Morgan fingerprint density at radius 2 is 2.15 bits per heavy atom. The van der Waals surface area contributed by atoms with Gasteiger partial charge in [0.2, 0.25) is 0 Å². The second kappa shape index (κ2) is 8.84. The third-order valence-corrected chi connectivity index (χ3v) is 5.35. The SMILES string of the molecule is CN=C(NCC(C)(C)N1CCOCC1)NC1CCN(c2ncccc2F)C1. The van der Waals surface area contributed by atoms with E-state index in [1.54, 1.807) is 19.3 Å². The van der Waals surface area contributed by atoms with Gasteiger partial charge in [-0.2, -0.15) is 0 Å². The van der Waals surface area contributed by atoms with Crippen LogP contribution in [0.2, 0.25) is 0 Å². The monoisotopic (exact) mass is 378 g/mol. The minimum Gasteiger partial charge on any atom is -0.379 e. The molecule has 1 atom stereocenters. The molecule has 2 aliphatic heterocycles. The Hall–Kier alpha value is -1.93. The average molecular weight is 378 g/mol. The van der Waals surface area contributed by atoms with Crippen LogP contribution in [0.3, 0.4) is 0 Å². The summed E-state index contributed by atoms with van der Waals surface area (Å²) in [7, 11) is 1.78. The van der Waals surface area contributed by atoms with Gasteiger partial charge in [-0.1, -0.05) is 0 Å². The number of anilines is 1. The van der Waals surface area contributed by atoms with Gasteiger partial charge in [0.1, 0.15) is 0 Å². The van der Waals surface area contributed by atoms with Gasteiger partial charge in [-0.3, -0.25) is 9.89 Å². The molecule has 0 spiro atoms. The molecule has 3 rings (SSSR count). The van der Waals surface area contributed by atoms with Crippen LogP contribution in [0.25, 0.3) is 0 Å². The predicted molar refractivity (Wildman–Crippen MR) is 106 cm³/mol. The van der Waals surface area contributed by atoms with E-state index in [-0.39, 0.29) is 17.4 Å². The van der Waals surface area contributed by atoms with Gasteiger partial charge < -0.3 is 20.3 Å². The van der Waals surface area contributed by atoms with Crippen molar-refractivity contribution in [2.45, 2.75) is 31.8 Å². The molecular weight excluding hydrogens is 347 g/mol. The van der Waals surface area contributed by atoms with E-state index in [1.165, 1.54) is 6.07 Å². The van der Waals surface area contributed by atoms with Crippen molar-refractivity contribution in [3.05, 3.63) is 24.1 Å². The lowest BCUT2D eigenvalue weighted by Gasteiger charge is -2.41. The van der Waals surface area contributed by atoms with Crippen molar-refractivity contribution in [3.8, 4) is 0 Å². The molecule has 27 heavy (non-hydrogen) atoms. The molecular formula is C19H31FN6O. The highest BCUT2D eigenvalue weighted by molar-refractivity contribution is 5.80. The number of aromatic nitrogens is 1. The van der Waals surface area contributed by atoms with Gasteiger partial charge in [-0.15, -0.1) is 0 Å². The quantitative estimate of drug-likeness (QED) is 0.590. The number of morpholine rings is 1. The normalized spacial score (nSPS) is 22.1. The van der Waals surface area contributed by atoms with Crippen LogP contribution < -0.4 is 15.5 Å². The third kappa shape index (κ3) is 5.07. The Bertz CT molecular complexity index is 647. The second-order valence-corrected chi connectivity index (χ2v) is 7.72. The molecule has 7 nitrogen and oxygen atoms in total. The fourth-order valence-corrected chi connectivity index (χ4v) is 3.65. The summed E-state index contributed by atoms with van der Waals surface area (Å²) in [4.78, 5) is 13.0. The van der Waals surface area contributed by atoms with Crippen LogP contribution in [-0.4, -0.2) is 80.4 Å². The van der Waals surface area contributed by atoms with Crippen molar-refractivity contribution in [1.29, 1.82) is 0 Å². The van der Waals surface area contributed by atoms with Crippen molar-refractivity contribution in [2.24, 2.45) is 4.99 Å². The number of halogens is 1. The van der Waals surface area contributed by atoms with Gasteiger partial charge in [-0.05, 0) is 32.4 Å². The molecule has 0 amide bonds. The van der Waals surface area contributed by atoms with Crippen molar-refractivity contribution in [2.75, 3.05) is 57.9 Å². The first-order valence-electron chi connectivity index (χ1n) is 9.65. The maximum absolute atomic E-state index is 14.0. The largest absolute Gasteiger partial charge is 0.379 e. The number of ether oxygens (including phenoxy) is 1. The van der Waals surface area contributed by atoms with E-state index < -0.39 is 0 Å². The topological polar surface area (TPSA) is 65.0 Å². The number of nitrogens with zero attached hydrogens (tertiary/aromatic N) is 4. The highest BCUT2D eigenvalue weighted by atomic mass is 19.1. The number of pyridine rings is 1. The molecule has 0 aromatic carbocycles. The predicted octanol–water partition coefficient (Wildman–Crippen LogP) is 1.08. The molecule has 2 aliphatic rings. The van der Waals surface area contributed by atoms with Gasteiger partial charge in [0.25, 0.3) is 0 Å². The molecule has 3 heterocycles. The number of nitrogens with one attached hydrogen (secondary N) is 2. The van der Waals surface area contributed by atoms with E-state index >= 15 is 0 Å². The van der Waals surface area contributed by atoms with Crippen LogP contribution in [0, 0.1) is 5.82 Å². The van der Waals surface area contributed by atoms with E-state index in [4.69, 9.17) is 4.74 Å². The lowest BCUT2D eigenvalue weighted by atomic mass is 10.0. The molecule has 1 aromatic heterocycles. The Labute approximate surface area is 161 Å². The summed E-state index contributed by atoms with van der Waals surface area (Å²) in [6, 6.07) is 3.29. The molecule has 2 N–H and O–H groups in total. The highest BCUT2D eigenvalue weighted by Gasteiger charge is 2.29. The number of hydrogen-bond donors (Lipinski definition) is 2. The minimum absolute atomic E-state index is 0.0141. The number of hydrogen-bond acceptors (Lipinski definition) is 5. The van der Waals surface area contributed by atoms with Crippen LogP contribution in [0.15, 0.2) is 23.3 Å². The fraction of sp³-hybridized carbons (Fsp3) is 0.684. The summed E-state index contributed by atoms with van der Waals surface area (Å²) < 4.78 is 19.4. The lowest BCUT2D eigenvalue weighted by molar-refractivity contribution is -0.00834. The molecule has 8 heteroatoms. The smallest absolute Gasteiger partial charge is 0.191 e. The molecule has 0 radical (unpaired) electrons. The Morgan fingerprint density at radius 1 is 1.37 bits per heavy atom. The van der Waals surface area contributed by atoms with E-state index in [0.717, 1.165) is 51.8 Å². The Balaban J connectivity index is 1.50. The zero-order chi connectivity index (χ0) is 19.3. The Morgan fingerprint density at radius 3 is 2.85 bits per heavy atom. The standard InChI is InChI=1S/C19H31FN6O/c1-19(2,26-9-11-27-12-10-26)14-23-18(21-3)24-15-6-8-25(13-15)17-16(20)5-4-7-22-17/h4-5,7,15H,6,8-14H2,1-3H3,(H2,21,23,24). The first kappa shape index (κ1) is 19.8. The van der Waals surface area contributed by atoms with Crippen LogP contribution in [-0.2, 0) is 4.74 Å². The number of aliphatic imine (C=N–C) groups is 1. The van der Waals surface area contributed by atoms with E-state index in [2.05, 4.69) is 39.4 Å². The Kier molecular flexibility index (Phi) is 6.49.